The number of nitrogens with one attached hydrogen (secondary N) is 1. The minimum atomic E-state index is -0.918. The number of esters is 1. The fraction of sp³-hybridized carbons (Fsp3) is 0.789. The molecule has 0 aromatic heterocycles. The molecule has 2 aliphatic heterocycles. The Morgan fingerprint density at radius 3 is 2.56 bits per heavy atom. The van der Waals surface area contributed by atoms with Crippen LogP contribution in [0.25, 0.3) is 0 Å². The number of hydrogen-bond donors (Lipinski definition) is 1. The van der Waals surface area contributed by atoms with Crippen LogP contribution in [0.2, 0.25) is 0 Å². The molecule has 150 valence electrons. The third kappa shape index (κ3) is 3.80. The molecule has 3 atom stereocenters. The molecule has 0 radical (unpaired) electrons. The van der Waals surface area contributed by atoms with Gasteiger partial charge in [0, 0.05) is 13.1 Å². The van der Waals surface area contributed by atoms with E-state index in [9.17, 15) is 19.2 Å². The van der Waals surface area contributed by atoms with Crippen LogP contribution in [0.4, 0.5) is 4.79 Å². The summed E-state index contributed by atoms with van der Waals surface area (Å²) in [6, 6.07) is -0.555. The van der Waals surface area contributed by atoms with Crippen molar-refractivity contribution in [2.75, 3.05) is 19.6 Å². The van der Waals surface area contributed by atoms with E-state index >= 15 is 0 Å². The highest BCUT2D eigenvalue weighted by molar-refractivity contribution is 6.09. The molecule has 2 saturated heterocycles. The molecule has 3 fully saturated rings. The Hall–Kier alpha value is -2.12. The van der Waals surface area contributed by atoms with Gasteiger partial charge < -0.3 is 15.0 Å². The Bertz CT molecular complexity index is 631. The highest BCUT2D eigenvalue weighted by atomic mass is 16.5. The van der Waals surface area contributed by atoms with E-state index < -0.39 is 30.2 Å². The molecular weight excluding hydrogens is 350 g/mol. The molecule has 27 heavy (non-hydrogen) atoms. The first kappa shape index (κ1) is 19.6. The van der Waals surface area contributed by atoms with Crippen LogP contribution in [0.1, 0.15) is 58.8 Å². The Morgan fingerprint density at radius 1 is 1.19 bits per heavy atom. The number of likely N-dealkylation sites (tertiary alicyclic amines) is 1. The summed E-state index contributed by atoms with van der Waals surface area (Å²) in [5.41, 5.74) is -0.898. The monoisotopic (exact) mass is 379 g/mol. The number of ether oxygens (including phenoxy) is 1. The van der Waals surface area contributed by atoms with Crippen molar-refractivity contribution < 1.29 is 23.9 Å². The number of rotatable bonds is 4. The molecule has 2 heterocycles. The quantitative estimate of drug-likeness (QED) is 0.589. The fourth-order valence-electron chi connectivity index (χ4n) is 4.42. The molecule has 8 nitrogen and oxygen atoms in total. The molecule has 8 heteroatoms. The molecule has 1 N–H and O–H groups in total. The highest BCUT2D eigenvalue weighted by Crippen LogP contribution is 2.38. The van der Waals surface area contributed by atoms with E-state index in [0.29, 0.717) is 19.5 Å². The Balaban J connectivity index is 1.58. The number of carbonyl (C=O) groups is 4. The van der Waals surface area contributed by atoms with Gasteiger partial charge >= 0.3 is 12.0 Å². The van der Waals surface area contributed by atoms with Crippen molar-refractivity contribution in [1.29, 1.82) is 0 Å². The summed E-state index contributed by atoms with van der Waals surface area (Å²) in [5.74, 6) is -1.29. The van der Waals surface area contributed by atoms with Gasteiger partial charge in [0.05, 0.1) is 0 Å². The van der Waals surface area contributed by atoms with E-state index in [4.69, 9.17) is 4.74 Å². The van der Waals surface area contributed by atoms with Gasteiger partial charge in [-0.15, -0.1) is 0 Å². The van der Waals surface area contributed by atoms with E-state index in [-0.39, 0.29) is 17.7 Å². The number of amides is 4. The van der Waals surface area contributed by atoms with Crippen LogP contribution in [0.15, 0.2) is 0 Å². The standard InChI is InChI=1S/C19H29N3O5/c1-13-8-4-5-9-19(13)17(25)22(18(26)20-19)12-15(23)27-14(2)16(24)21-10-6-3-7-11-21/h13-14H,3-12H2,1-2H3,(H,20,26)/t13-,14+,19-/m1/s1. The number of nitrogens with zero attached hydrogens (tertiary/aromatic N) is 2. The summed E-state index contributed by atoms with van der Waals surface area (Å²) in [5, 5.41) is 2.81. The van der Waals surface area contributed by atoms with Crippen LogP contribution in [-0.4, -0.2) is 64.9 Å². The summed E-state index contributed by atoms with van der Waals surface area (Å²) in [7, 11) is 0. The third-order valence-corrected chi connectivity index (χ3v) is 6.11. The molecule has 4 amide bonds. The van der Waals surface area contributed by atoms with Gasteiger partial charge in [-0.3, -0.25) is 19.3 Å². The summed E-state index contributed by atoms with van der Waals surface area (Å²) in [4.78, 5) is 52.5. The number of urea groups is 1. The maximum Gasteiger partial charge on any atom is 0.327 e. The van der Waals surface area contributed by atoms with E-state index in [1.54, 1.807) is 4.90 Å². The van der Waals surface area contributed by atoms with Crippen LogP contribution in [0.5, 0.6) is 0 Å². The molecule has 1 spiro atoms. The van der Waals surface area contributed by atoms with Gasteiger partial charge in [0.2, 0.25) is 0 Å². The fourth-order valence-corrected chi connectivity index (χ4v) is 4.42. The summed E-state index contributed by atoms with van der Waals surface area (Å²) < 4.78 is 5.22. The lowest BCUT2D eigenvalue weighted by Gasteiger charge is -2.36. The van der Waals surface area contributed by atoms with Crippen LogP contribution >= 0.6 is 0 Å². The molecular formula is C19H29N3O5. The SMILES string of the molecule is C[C@H](OC(=O)CN1C(=O)N[C@@]2(CCCC[C@H]2C)C1=O)C(=O)N1CCCCC1. The largest absolute Gasteiger partial charge is 0.451 e. The maximum absolute atomic E-state index is 12.9. The van der Waals surface area contributed by atoms with Crippen molar-refractivity contribution in [3.63, 3.8) is 0 Å². The number of hydrogen-bond acceptors (Lipinski definition) is 5. The van der Waals surface area contributed by atoms with Crippen molar-refractivity contribution in [3.05, 3.63) is 0 Å². The number of imide groups is 1. The van der Waals surface area contributed by atoms with Crippen molar-refractivity contribution in [1.82, 2.24) is 15.1 Å². The minimum absolute atomic E-state index is 0.0309. The van der Waals surface area contributed by atoms with Gasteiger partial charge in [-0.1, -0.05) is 19.8 Å². The molecule has 3 rings (SSSR count). The third-order valence-electron chi connectivity index (χ3n) is 6.11. The zero-order valence-corrected chi connectivity index (χ0v) is 16.2. The molecule has 0 unspecified atom stereocenters. The summed E-state index contributed by atoms with van der Waals surface area (Å²) in [6.07, 6.45) is 5.45. The normalized spacial score (nSPS) is 29.6. The van der Waals surface area contributed by atoms with Gasteiger partial charge in [-0.2, -0.15) is 0 Å². The van der Waals surface area contributed by atoms with Gasteiger partial charge in [0.1, 0.15) is 12.1 Å². The zero-order chi connectivity index (χ0) is 19.6. The molecule has 1 aliphatic carbocycles. The molecule has 0 aromatic carbocycles. The van der Waals surface area contributed by atoms with E-state index in [0.717, 1.165) is 43.4 Å². The lowest BCUT2D eigenvalue weighted by Crippen LogP contribution is -2.54. The van der Waals surface area contributed by atoms with Crippen molar-refractivity contribution in [2.45, 2.75) is 70.4 Å². The zero-order valence-electron chi connectivity index (χ0n) is 16.2. The van der Waals surface area contributed by atoms with Crippen LogP contribution in [-0.2, 0) is 19.1 Å². The minimum Gasteiger partial charge on any atom is -0.451 e. The topological polar surface area (TPSA) is 96.0 Å². The molecule has 0 bridgehead atoms. The maximum atomic E-state index is 12.9. The van der Waals surface area contributed by atoms with E-state index in [1.165, 1.54) is 6.92 Å². The second-order valence-electron chi connectivity index (χ2n) is 7.96. The molecule has 3 aliphatic rings. The average Bonchev–Trinajstić information content (AvgIpc) is 2.89. The number of piperidine rings is 1. The van der Waals surface area contributed by atoms with Crippen molar-refractivity contribution >= 4 is 23.8 Å². The van der Waals surface area contributed by atoms with E-state index in [1.807, 2.05) is 6.92 Å². The summed E-state index contributed by atoms with van der Waals surface area (Å²) in [6.45, 7) is 4.38. The van der Waals surface area contributed by atoms with Gasteiger partial charge in [0.15, 0.2) is 6.10 Å². The summed E-state index contributed by atoms with van der Waals surface area (Å²) >= 11 is 0. The van der Waals surface area contributed by atoms with Crippen LogP contribution < -0.4 is 5.32 Å². The highest BCUT2D eigenvalue weighted by Gasteiger charge is 2.55. The molecule has 0 aromatic rings. The predicted molar refractivity (Wildman–Crippen MR) is 96.6 cm³/mol. The Morgan fingerprint density at radius 2 is 1.89 bits per heavy atom. The lowest BCUT2D eigenvalue weighted by molar-refractivity contribution is -0.161. The van der Waals surface area contributed by atoms with E-state index in [2.05, 4.69) is 5.32 Å². The average molecular weight is 379 g/mol. The lowest BCUT2D eigenvalue weighted by atomic mass is 9.73. The molecule has 1 saturated carbocycles. The first-order valence-electron chi connectivity index (χ1n) is 9.97. The van der Waals surface area contributed by atoms with Gasteiger partial charge in [-0.05, 0) is 44.9 Å². The smallest absolute Gasteiger partial charge is 0.327 e. The first-order valence-corrected chi connectivity index (χ1v) is 9.97. The second-order valence-corrected chi connectivity index (χ2v) is 7.96. The Kier molecular flexibility index (Phi) is 5.72. The second kappa shape index (κ2) is 7.86. The van der Waals surface area contributed by atoms with Crippen LogP contribution in [0, 0.1) is 5.92 Å². The predicted octanol–water partition coefficient (Wildman–Crippen LogP) is 1.43. The van der Waals surface area contributed by atoms with Crippen molar-refractivity contribution in [2.24, 2.45) is 5.92 Å². The van der Waals surface area contributed by atoms with Gasteiger partial charge in [-0.25, -0.2) is 4.79 Å². The van der Waals surface area contributed by atoms with Gasteiger partial charge in [0.25, 0.3) is 11.8 Å². The first-order chi connectivity index (χ1) is 12.8. The van der Waals surface area contributed by atoms with Crippen LogP contribution in [0.3, 0.4) is 0 Å². The van der Waals surface area contributed by atoms with Crippen molar-refractivity contribution in [3.8, 4) is 0 Å². The Labute approximate surface area is 159 Å². The number of carbonyl (C=O) groups excluding carboxylic acids is 4.